The highest BCUT2D eigenvalue weighted by molar-refractivity contribution is 5.89. The van der Waals surface area contributed by atoms with E-state index in [-0.39, 0.29) is 0 Å². The Bertz CT molecular complexity index is 502. The van der Waals surface area contributed by atoms with Crippen molar-refractivity contribution in [2.75, 3.05) is 13.2 Å². The first-order chi connectivity index (χ1) is 10.7. The minimum absolute atomic E-state index is 0.520. The maximum Gasteiger partial charge on any atom is 0.328 e. The Kier molecular flexibility index (Phi) is 10.1. The summed E-state index contributed by atoms with van der Waals surface area (Å²) in [5.74, 6) is -1.48. The molecule has 128 valence electrons. The maximum absolute atomic E-state index is 9.55. The second-order valence-corrected chi connectivity index (χ2v) is 5.19. The predicted molar refractivity (Wildman–Crippen MR) is 89.0 cm³/mol. The summed E-state index contributed by atoms with van der Waals surface area (Å²) in [6.07, 6.45) is 1.12. The number of benzene rings is 1. The normalized spacial score (nSPS) is 10.3. The number of carbonyl (C=O) groups is 2. The van der Waals surface area contributed by atoms with Crippen molar-refractivity contribution < 1.29 is 24.5 Å². The Balaban J connectivity index is 0.000000515. The van der Waals surface area contributed by atoms with Gasteiger partial charge in [-0.05, 0) is 25.0 Å². The van der Waals surface area contributed by atoms with E-state index < -0.39 is 11.9 Å². The van der Waals surface area contributed by atoms with Gasteiger partial charge in [-0.15, -0.1) is 0 Å². The lowest BCUT2D eigenvalue weighted by Crippen LogP contribution is -2.27. The second-order valence-electron chi connectivity index (χ2n) is 5.19. The second kappa shape index (κ2) is 11.3. The average Bonchev–Trinajstić information content (AvgIpc) is 2.44. The van der Waals surface area contributed by atoms with Crippen LogP contribution < -0.4 is 10.1 Å². The molecule has 6 heteroatoms. The lowest BCUT2D eigenvalue weighted by atomic mass is 10.1. The summed E-state index contributed by atoms with van der Waals surface area (Å²) in [5, 5.41) is 19.0. The quantitative estimate of drug-likeness (QED) is 0.527. The van der Waals surface area contributed by atoms with Gasteiger partial charge in [0.2, 0.25) is 0 Å². The minimum atomic E-state index is -1.26. The molecule has 0 fully saturated rings. The van der Waals surface area contributed by atoms with Crippen molar-refractivity contribution in [3.8, 4) is 5.75 Å². The smallest absolute Gasteiger partial charge is 0.328 e. The van der Waals surface area contributed by atoms with Crippen molar-refractivity contribution in [1.29, 1.82) is 0 Å². The number of aryl methyl sites for hydroxylation is 2. The number of para-hydroxylation sites is 1. The van der Waals surface area contributed by atoms with Crippen LogP contribution in [0.4, 0.5) is 0 Å². The van der Waals surface area contributed by atoms with Crippen LogP contribution in [0.2, 0.25) is 0 Å². The lowest BCUT2D eigenvalue weighted by molar-refractivity contribution is -0.134. The zero-order valence-electron chi connectivity index (χ0n) is 14.0. The molecule has 0 aliphatic heterocycles. The van der Waals surface area contributed by atoms with Crippen LogP contribution in [0.3, 0.4) is 0 Å². The summed E-state index contributed by atoms with van der Waals surface area (Å²) < 4.78 is 5.76. The summed E-state index contributed by atoms with van der Waals surface area (Å²) in [5.41, 5.74) is 2.42. The van der Waals surface area contributed by atoms with Gasteiger partial charge in [-0.2, -0.15) is 0 Å². The highest BCUT2D eigenvalue weighted by atomic mass is 16.5. The Labute approximate surface area is 136 Å². The zero-order chi connectivity index (χ0) is 17.8. The van der Waals surface area contributed by atoms with Gasteiger partial charge in [0.25, 0.3) is 0 Å². The van der Waals surface area contributed by atoms with Gasteiger partial charge in [0.15, 0.2) is 0 Å². The van der Waals surface area contributed by atoms with E-state index >= 15 is 0 Å². The van der Waals surface area contributed by atoms with E-state index in [4.69, 9.17) is 14.9 Å². The van der Waals surface area contributed by atoms with Gasteiger partial charge in [0.05, 0.1) is 0 Å². The number of hydrogen-bond acceptors (Lipinski definition) is 4. The monoisotopic (exact) mass is 323 g/mol. The van der Waals surface area contributed by atoms with Crippen molar-refractivity contribution in [3.63, 3.8) is 0 Å². The number of aliphatic carboxylic acids is 2. The molecule has 0 atom stereocenters. The Morgan fingerprint density at radius 1 is 1.13 bits per heavy atom. The molecule has 23 heavy (non-hydrogen) atoms. The number of ether oxygens (including phenoxy) is 1. The van der Waals surface area contributed by atoms with Gasteiger partial charge >= 0.3 is 11.9 Å². The number of nitrogens with one attached hydrogen (secondary N) is 1. The van der Waals surface area contributed by atoms with Crippen molar-refractivity contribution in [1.82, 2.24) is 5.32 Å². The molecular weight excluding hydrogens is 298 g/mol. The molecule has 0 aliphatic carbocycles. The molecule has 0 saturated carbocycles. The number of carboxylic acids is 2. The predicted octanol–water partition coefficient (Wildman–Crippen LogP) is 2.39. The van der Waals surface area contributed by atoms with Crippen molar-refractivity contribution in [3.05, 3.63) is 41.5 Å². The van der Waals surface area contributed by atoms with Gasteiger partial charge in [-0.1, -0.05) is 32.0 Å². The third-order valence-corrected chi connectivity index (χ3v) is 2.68. The van der Waals surface area contributed by atoms with E-state index in [9.17, 15) is 9.59 Å². The fraction of sp³-hybridized carbons (Fsp3) is 0.412. The van der Waals surface area contributed by atoms with Gasteiger partial charge in [0.1, 0.15) is 12.4 Å². The SMILES string of the molecule is Cc1cccc(C)c1OCCNC(C)C.O=C(O)/C=C\C(=O)O. The zero-order valence-corrected chi connectivity index (χ0v) is 14.0. The first kappa shape index (κ1) is 20.7. The van der Waals surface area contributed by atoms with Gasteiger partial charge in [0, 0.05) is 24.7 Å². The van der Waals surface area contributed by atoms with Crippen LogP contribution in [0, 0.1) is 13.8 Å². The molecule has 6 nitrogen and oxygen atoms in total. The van der Waals surface area contributed by atoms with Crippen LogP contribution in [-0.2, 0) is 9.59 Å². The summed E-state index contributed by atoms with van der Waals surface area (Å²) >= 11 is 0. The third kappa shape index (κ3) is 11.0. The van der Waals surface area contributed by atoms with Crippen molar-refractivity contribution >= 4 is 11.9 Å². The number of hydrogen-bond donors (Lipinski definition) is 3. The minimum Gasteiger partial charge on any atom is -0.492 e. The summed E-state index contributed by atoms with van der Waals surface area (Å²) in [4.78, 5) is 19.1. The van der Waals surface area contributed by atoms with E-state index in [2.05, 4.69) is 51.2 Å². The summed E-state index contributed by atoms with van der Waals surface area (Å²) in [6.45, 7) is 10.1. The van der Waals surface area contributed by atoms with E-state index in [1.165, 1.54) is 11.1 Å². The first-order valence-corrected chi connectivity index (χ1v) is 7.30. The molecule has 3 N–H and O–H groups in total. The van der Waals surface area contributed by atoms with Crippen LogP contribution >= 0.6 is 0 Å². The lowest BCUT2D eigenvalue weighted by Gasteiger charge is -2.13. The molecule has 1 aromatic carbocycles. The van der Waals surface area contributed by atoms with Crippen LogP contribution in [0.15, 0.2) is 30.4 Å². The fourth-order valence-electron chi connectivity index (χ4n) is 1.67. The molecule has 0 radical (unpaired) electrons. The van der Waals surface area contributed by atoms with Crippen molar-refractivity contribution in [2.24, 2.45) is 0 Å². The van der Waals surface area contributed by atoms with Crippen LogP contribution in [0.25, 0.3) is 0 Å². The fourth-order valence-corrected chi connectivity index (χ4v) is 1.67. The highest BCUT2D eigenvalue weighted by Gasteiger charge is 2.02. The van der Waals surface area contributed by atoms with E-state index in [1.807, 2.05) is 0 Å². The van der Waals surface area contributed by atoms with E-state index in [0.29, 0.717) is 18.2 Å². The van der Waals surface area contributed by atoms with Crippen LogP contribution in [0.5, 0.6) is 5.75 Å². The van der Waals surface area contributed by atoms with Crippen LogP contribution in [-0.4, -0.2) is 41.3 Å². The summed E-state index contributed by atoms with van der Waals surface area (Å²) in [7, 11) is 0. The number of carboxylic acid groups (broad SMARTS) is 2. The highest BCUT2D eigenvalue weighted by Crippen LogP contribution is 2.21. The van der Waals surface area contributed by atoms with Gasteiger partial charge < -0.3 is 20.3 Å². The topological polar surface area (TPSA) is 95.9 Å². The number of rotatable bonds is 7. The molecule has 0 aromatic heterocycles. The molecule has 0 spiro atoms. The first-order valence-electron chi connectivity index (χ1n) is 7.30. The molecule has 0 bridgehead atoms. The molecule has 0 amide bonds. The molecule has 0 aliphatic rings. The average molecular weight is 323 g/mol. The van der Waals surface area contributed by atoms with E-state index in [1.54, 1.807) is 0 Å². The van der Waals surface area contributed by atoms with Gasteiger partial charge in [-0.3, -0.25) is 0 Å². The Hall–Kier alpha value is -2.34. The van der Waals surface area contributed by atoms with Crippen molar-refractivity contribution in [2.45, 2.75) is 33.7 Å². The Morgan fingerprint density at radius 2 is 1.61 bits per heavy atom. The summed E-state index contributed by atoms with van der Waals surface area (Å²) in [6, 6.07) is 6.74. The molecular formula is C17H25NO5. The largest absolute Gasteiger partial charge is 0.492 e. The van der Waals surface area contributed by atoms with E-state index in [0.717, 1.165) is 18.9 Å². The molecule has 0 unspecified atom stereocenters. The van der Waals surface area contributed by atoms with Gasteiger partial charge in [-0.25, -0.2) is 9.59 Å². The van der Waals surface area contributed by atoms with Crippen LogP contribution in [0.1, 0.15) is 25.0 Å². The molecule has 1 rings (SSSR count). The molecule has 0 heterocycles. The maximum atomic E-state index is 9.55. The molecule has 1 aromatic rings. The standard InChI is InChI=1S/C13H21NO.C4H4O4/c1-10(2)14-8-9-15-13-11(3)6-5-7-12(13)4;5-3(6)1-2-4(7)8/h5-7,10,14H,8-9H2,1-4H3;1-2H,(H,5,6)(H,7,8)/b;2-1-. The Morgan fingerprint density at radius 3 is 2.00 bits per heavy atom. The third-order valence-electron chi connectivity index (χ3n) is 2.68. The molecule has 0 saturated heterocycles.